The van der Waals surface area contributed by atoms with Gasteiger partial charge in [-0.15, -0.1) is 34.0 Å². The minimum Gasteiger partial charge on any atom is -0.506 e. The zero-order valence-corrected chi connectivity index (χ0v) is 64.5. The molecule has 10 nitrogen and oxygen atoms in total. The lowest BCUT2D eigenvalue weighted by atomic mass is 9.85. The fraction of sp³-hybridized carbons (Fsp3) is 0.325. The number of aryl methyl sites for hydroxylation is 9. The van der Waals surface area contributed by atoms with Crippen molar-refractivity contribution in [2.45, 2.75) is 134 Å². The van der Waals surface area contributed by atoms with Gasteiger partial charge < -0.3 is 47.9 Å². The molecule has 1 saturated heterocycles. The van der Waals surface area contributed by atoms with Crippen molar-refractivity contribution in [3.05, 3.63) is 207 Å². The Morgan fingerprint density at radius 3 is 1.10 bits per heavy atom. The number of ether oxygens (including phenoxy) is 6. The molecule has 7 aromatic carbocycles. The van der Waals surface area contributed by atoms with E-state index in [2.05, 4.69) is 189 Å². The quantitative estimate of drug-likeness (QED) is 0.0262. The normalized spacial score (nSPS) is 13.0. The molecule has 1 fully saturated rings. The number of rotatable bonds is 24. The lowest BCUT2D eigenvalue weighted by Gasteiger charge is -2.32. The molecular formula is C80H89BI2O10S3. The summed E-state index contributed by atoms with van der Waals surface area (Å²) in [5, 5.41) is 29.0. The molecule has 96 heavy (non-hydrogen) atoms. The van der Waals surface area contributed by atoms with Crippen molar-refractivity contribution in [1.29, 1.82) is 0 Å². The van der Waals surface area contributed by atoms with E-state index in [1.807, 2.05) is 103 Å². The van der Waals surface area contributed by atoms with Gasteiger partial charge in [-0.05, 0) is 266 Å². The third-order valence-electron chi connectivity index (χ3n) is 17.1. The zero-order valence-electron chi connectivity index (χ0n) is 57.7. The number of hydrogen-bond acceptors (Lipinski definition) is 13. The molecule has 0 radical (unpaired) electrons. The third-order valence-corrected chi connectivity index (χ3v) is 21.9. The van der Waals surface area contributed by atoms with Crippen LogP contribution in [0.25, 0.3) is 54.3 Å². The molecule has 10 aromatic rings. The maximum atomic E-state index is 11.4. The van der Waals surface area contributed by atoms with Crippen LogP contribution in [0.3, 0.4) is 0 Å². The lowest BCUT2D eigenvalue weighted by Crippen LogP contribution is -2.41. The summed E-state index contributed by atoms with van der Waals surface area (Å²) in [6, 6.07) is 45.0. The van der Waals surface area contributed by atoms with Crippen molar-refractivity contribution < 1.29 is 47.9 Å². The Balaban J connectivity index is 0.000000189. The first-order valence-corrected chi connectivity index (χ1v) is 37.5. The van der Waals surface area contributed by atoms with E-state index in [0.29, 0.717) is 31.3 Å². The van der Waals surface area contributed by atoms with Crippen molar-refractivity contribution in [2.75, 3.05) is 39.8 Å². The van der Waals surface area contributed by atoms with Gasteiger partial charge in [0.25, 0.3) is 0 Å². The maximum absolute atomic E-state index is 11.4. The molecule has 504 valence electrons. The summed E-state index contributed by atoms with van der Waals surface area (Å²) >= 11 is 9.28. The zero-order chi connectivity index (χ0) is 68.8. The summed E-state index contributed by atoms with van der Waals surface area (Å²) in [6.45, 7) is 32.6. The highest BCUT2D eigenvalue weighted by atomic mass is 127. The van der Waals surface area contributed by atoms with Crippen molar-refractivity contribution in [2.24, 2.45) is 0 Å². The smallest absolute Gasteiger partial charge is 0.506 e. The van der Waals surface area contributed by atoms with E-state index in [4.69, 9.17) is 37.7 Å². The number of aromatic hydroxyl groups is 2. The molecule has 16 heteroatoms. The average Bonchev–Trinajstić information content (AvgIpc) is 1.60. The van der Waals surface area contributed by atoms with E-state index in [1.54, 1.807) is 34.0 Å². The summed E-state index contributed by atoms with van der Waals surface area (Å²) in [5.41, 5.74) is 18.0. The van der Waals surface area contributed by atoms with E-state index in [-0.39, 0.29) is 6.79 Å². The predicted molar refractivity (Wildman–Crippen MR) is 418 cm³/mol. The number of unbranched alkanes of at least 4 members (excludes halogenated alkanes) is 2. The molecule has 0 atom stereocenters. The molecule has 0 unspecified atom stereocenters. The van der Waals surface area contributed by atoms with E-state index >= 15 is 0 Å². The van der Waals surface area contributed by atoms with Crippen LogP contribution >= 0.6 is 79.2 Å². The van der Waals surface area contributed by atoms with E-state index < -0.39 is 18.3 Å². The second-order valence-corrected chi connectivity index (χ2v) is 30.3. The van der Waals surface area contributed by atoms with Gasteiger partial charge in [-0.1, -0.05) is 102 Å². The molecule has 0 aliphatic carbocycles. The van der Waals surface area contributed by atoms with E-state index in [9.17, 15) is 10.2 Å². The molecule has 0 spiro atoms. The Hall–Kier alpha value is -6.36. The number of benzene rings is 7. The summed E-state index contributed by atoms with van der Waals surface area (Å²) in [7, 11) is -0.452. The summed E-state index contributed by atoms with van der Waals surface area (Å²) in [6.07, 6.45) is 3.60. The van der Waals surface area contributed by atoms with Crippen LogP contribution in [0.15, 0.2) is 150 Å². The molecular weight excluding hydrogens is 1480 g/mol. The fourth-order valence-corrected chi connectivity index (χ4v) is 16.1. The Morgan fingerprint density at radius 2 is 0.740 bits per heavy atom. The molecule has 1 aliphatic heterocycles. The Kier molecular flexibility index (Phi) is 26.1. The first kappa shape index (κ1) is 73.9. The lowest BCUT2D eigenvalue weighted by molar-refractivity contribution is 0.00578. The average molecular weight is 1570 g/mol. The molecule has 4 heterocycles. The van der Waals surface area contributed by atoms with Gasteiger partial charge >= 0.3 is 7.12 Å². The van der Waals surface area contributed by atoms with Gasteiger partial charge in [-0.2, -0.15) is 0 Å². The van der Waals surface area contributed by atoms with E-state index in [1.165, 1.54) is 33.4 Å². The Bertz CT molecular complexity index is 3980. The van der Waals surface area contributed by atoms with Gasteiger partial charge in [0.1, 0.15) is 40.2 Å². The van der Waals surface area contributed by atoms with Gasteiger partial charge in [-0.25, -0.2) is 0 Å². The highest BCUT2D eigenvalue weighted by molar-refractivity contribution is 14.1. The molecule has 11 rings (SSSR count). The van der Waals surface area contributed by atoms with Gasteiger partial charge in [0.15, 0.2) is 6.79 Å². The van der Waals surface area contributed by atoms with Crippen LogP contribution in [-0.4, -0.2) is 68.4 Å². The minimum atomic E-state index is -0.452. The number of halogens is 2. The van der Waals surface area contributed by atoms with Crippen molar-refractivity contribution in [1.82, 2.24) is 0 Å². The summed E-state index contributed by atoms with van der Waals surface area (Å²) < 4.78 is 51.5. The number of thiophene rings is 3. The van der Waals surface area contributed by atoms with Crippen LogP contribution in [-0.2, 0) is 14.0 Å². The molecule has 2 N–H and O–H groups in total. The maximum Gasteiger partial charge on any atom is 0.509 e. The highest BCUT2D eigenvalue weighted by Gasteiger charge is 2.53. The largest absolute Gasteiger partial charge is 0.509 e. The first-order valence-electron chi connectivity index (χ1n) is 32.7. The van der Waals surface area contributed by atoms with Crippen LogP contribution in [0.4, 0.5) is 0 Å². The minimum absolute atomic E-state index is 0.205. The third kappa shape index (κ3) is 18.1. The topological polar surface area (TPSA) is 114 Å². The molecule has 3 aromatic heterocycles. The Labute approximate surface area is 608 Å². The second kappa shape index (κ2) is 33.9. The fourth-order valence-electron chi connectivity index (χ4n) is 12.1. The first-order chi connectivity index (χ1) is 46.0. The highest BCUT2D eigenvalue weighted by Crippen LogP contribution is 2.50. The number of para-hydroxylation sites is 4. The van der Waals surface area contributed by atoms with Crippen LogP contribution in [0.1, 0.15) is 110 Å². The molecule has 0 bridgehead atoms. The monoisotopic (exact) mass is 1570 g/mol. The van der Waals surface area contributed by atoms with Crippen molar-refractivity contribution in [3.63, 3.8) is 0 Å². The SMILES string of the molecule is CCOCOc1c(-c2c(C)cc(C)cc2C)csc1B1OC(C)(C)C(C)(C)O1.Cc1cc(C)c(-c2csc(-c3ccccc3OCCCCOc3ccccc3-c3scc(-c4c(C)cc(C)cc4C)c3O)c2O)c(C)c1.Ic1ccccc1OCCCCOc1ccccc1I. The van der Waals surface area contributed by atoms with Gasteiger partial charge in [0, 0.05) is 50.6 Å². The summed E-state index contributed by atoms with van der Waals surface area (Å²) in [4.78, 5) is 1.63. The molecule has 0 amide bonds. The number of hydrogen-bond donors (Lipinski definition) is 2. The van der Waals surface area contributed by atoms with Crippen LogP contribution < -0.4 is 28.5 Å². The Morgan fingerprint density at radius 1 is 0.417 bits per heavy atom. The van der Waals surface area contributed by atoms with Crippen LogP contribution in [0.5, 0.6) is 40.2 Å². The van der Waals surface area contributed by atoms with E-state index in [0.717, 1.165) is 151 Å². The van der Waals surface area contributed by atoms with Gasteiger partial charge in [0.2, 0.25) is 0 Å². The molecule has 1 aliphatic rings. The van der Waals surface area contributed by atoms with Crippen molar-refractivity contribution in [3.8, 4) is 94.5 Å². The van der Waals surface area contributed by atoms with Crippen LogP contribution in [0, 0.1) is 69.5 Å². The van der Waals surface area contributed by atoms with Crippen LogP contribution in [0.2, 0.25) is 0 Å². The summed E-state index contributed by atoms with van der Waals surface area (Å²) in [5.74, 6) is 4.84. The predicted octanol–water partition coefficient (Wildman–Crippen LogP) is 22.1. The standard InChI is InChI=1S/C42H42O4S2.C22H31BO4S.C16H16I2O2/c1-25-19-27(3)37(28(4)20-25)33-23-47-41(39(33)43)31-13-7-9-15-35(31)45-17-11-12-18-46-36-16-10-8-14-32(36)42-40(44)34(24-48-42)38-29(5)21-26(2)22-30(38)6;1-9-24-13-25-19-17(18-15(3)10-14(2)11-16(18)4)12-28-20(19)23-26-21(5,6)22(7,8)27-23;17-13-7-1-3-9-15(13)19-11-5-6-12-20-16-10-4-2-8-14(16)18/h7-10,13-16,19-24,43-44H,11-12,17-18H2,1-6H3;10-12H,9,13H2,1-8H3;1-4,7-10H,5-6,11-12H2. The van der Waals surface area contributed by atoms with Gasteiger partial charge in [0.05, 0.1) is 59.3 Å². The molecule has 0 saturated carbocycles. The second-order valence-electron chi connectivity index (χ2n) is 25.3. The van der Waals surface area contributed by atoms with Crippen molar-refractivity contribution >= 4 is 91.1 Å². The van der Waals surface area contributed by atoms with Gasteiger partial charge in [-0.3, -0.25) is 0 Å².